The Labute approximate surface area is 148 Å². The van der Waals surface area contributed by atoms with Gasteiger partial charge in [-0.1, -0.05) is 79.2 Å². The molecule has 2 heteroatoms. The maximum absolute atomic E-state index is 6.29. The lowest BCUT2D eigenvalue weighted by atomic mass is 10.0. The van der Waals surface area contributed by atoms with Gasteiger partial charge in [0.2, 0.25) is 0 Å². The Morgan fingerprint density at radius 3 is 2.12 bits per heavy atom. The number of hydrogen-bond donors (Lipinski definition) is 0. The van der Waals surface area contributed by atoms with Crippen LogP contribution in [-0.2, 0) is 19.4 Å². The van der Waals surface area contributed by atoms with Gasteiger partial charge in [0, 0.05) is 0 Å². The average molecular weight is 337 g/mol. The van der Waals surface area contributed by atoms with E-state index in [-0.39, 0.29) is 0 Å². The van der Waals surface area contributed by atoms with Crippen molar-refractivity contribution in [1.82, 2.24) is 0 Å². The molecule has 0 bridgehead atoms. The zero-order chi connectivity index (χ0) is 16.8. The van der Waals surface area contributed by atoms with Crippen molar-refractivity contribution >= 4 is 11.6 Å². The molecule has 0 fully saturated rings. The summed E-state index contributed by atoms with van der Waals surface area (Å²) in [4.78, 5) is 0. The summed E-state index contributed by atoms with van der Waals surface area (Å²) in [6.45, 7) is 2.68. The zero-order valence-electron chi connectivity index (χ0n) is 13.8. The van der Waals surface area contributed by atoms with Crippen LogP contribution in [-0.4, -0.2) is 0 Å². The molecule has 122 valence electrons. The van der Waals surface area contributed by atoms with E-state index in [9.17, 15) is 0 Å². The molecule has 3 aromatic carbocycles. The third-order valence-electron chi connectivity index (χ3n) is 4.07. The molecule has 1 nitrogen and oxygen atoms in total. The van der Waals surface area contributed by atoms with E-state index >= 15 is 0 Å². The molecular weight excluding hydrogens is 316 g/mol. The largest absolute Gasteiger partial charge is 0.487 e. The minimum absolute atomic E-state index is 0.526. The molecule has 24 heavy (non-hydrogen) atoms. The molecule has 3 aromatic rings. The predicted molar refractivity (Wildman–Crippen MR) is 101 cm³/mol. The monoisotopic (exact) mass is 336 g/mol. The van der Waals surface area contributed by atoms with Gasteiger partial charge < -0.3 is 4.74 Å². The normalized spacial score (nSPS) is 10.6. The molecular formula is C22H21ClO. The second kappa shape index (κ2) is 8.03. The Morgan fingerprint density at radius 1 is 0.750 bits per heavy atom. The fourth-order valence-electron chi connectivity index (χ4n) is 2.63. The third kappa shape index (κ3) is 4.39. The smallest absolute Gasteiger partial charge is 0.138 e. The van der Waals surface area contributed by atoms with Gasteiger partial charge in [-0.15, -0.1) is 0 Å². The molecule has 0 saturated carbocycles. The van der Waals surface area contributed by atoms with E-state index in [1.807, 2.05) is 18.2 Å². The Morgan fingerprint density at radius 2 is 1.42 bits per heavy atom. The van der Waals surface area contributed by atoms with E-state index in [2.05, 4.69) is 61.5 Å². The predicted octanol–water partition coefficient (Wildman–Crippen LogP) is 6.07. The lowest BCUT2D eigenvalue weighted by Crippen LogP contribution is -1.97. The molecule has 0 spiro atoms. The fraction of sp³-hybridized carbons (Fsp3) is 0.182. The van der Waals surface area contributed by atoms with Crippen molar-refractivity contribution in [3.63, 3.8) is 0 Å². The van der Waals surface area contributed by atoms with Gasteiger partial charge in [-0.25, -0.2) is 0 Å². The first-order valence-corrected chi connectivity index (χ1v) is 8.65. The molecule has 3 rings (SSSR count). The Bertz CT molecular complexity index is 779. The zero-order valence-corrected chi connectivity index (χ0v) is 14.6. The van der Waals surface area contributed by atoms with Crippen LogP contribution in [0, 0.1) is 0 Å². The Kier molecular flexibility index (Phi) is 5.55. The highest BCUT2D eigenvalue weighted by Gasteiger charge is 2.05. The summed E-state index contributed by atoms with van der Waals surface area (Å²) < 4.78 is 5.94. The quantitative estimate of drug-likeness (QED) is 0.530. The molecule has 0 aliphatic carbocycles. The van der Waals surface area contributed by atoms with E-state index in [0.717, 1.165) is 24.2 Å². The third-order valence-corrected chi connectivity index (χ3v) is 4.38. The van der Waals surface area contributed by atoms with Crippen LogP contribution in [0.15, 0.2) is 72.8 Å². The molecule has 0 heterocycles. The molecule has 0 atom stereocenters. The summed E-state index contributed by atoms with van der Waals surface area (Å²) in [5.74, 6) is 0.740. The molecule has 0 saturated heterocycles. The van der Waals surface area contributed by atoms with E-state index < -0.39 is 0 Å². The summed E-state index contributed by atoms with van der Waals surface area (Å²) in [5.41, 5.74) is 4.96. The van der Waals surface area contributed by atoms with Gasteiger partial charge in [0.15, 0.2) is 0 Å². The van der Waals surface area contributed by atoms with E-state index in [4.69, 9.17) is 16.3 Å². The summed E-state index contributed by atoms with van der Waals surface area (Å²) in [5, 5.41) is 0.650. The van der Waals surface area contributed by atoms with Crippen LogP contribution in [0.1, 0.15) is 29.2 Å². The van der Waals surface area contributed by atoms with Crippen LogP contribution in [0.3, 0.4) is 0 Å². The number of rotatable bonds is 6. The number of hydrogen-bond acceptors (Lipinski definition) is 1. The average Bonchev–Trinajstić information content (AvgIpc) is 2.63. The first kappa shape index (κ1) is 16.6. The summed E-state index contributed by atoms with van der Waals surface area (Å²) in [6, 6.07) is 24.9. The van der Waals surface area contributed by atoms with Crippen molar-refractivity contribution in [2.45, 2.75) is 26.4 Å². The minimum Gasteiger partial charge on any atom is -0.487 e. The van der Waals surface area contributed by atoms with E-state index in [1.54, 1.807) is 0 Å². The highest BCUT2D eigenvalue weighted by molar-refractivity contribution is 6.32. The number of ether oxygens (including phenoxy) is 1. The van der Waals surface area contributed by atoms with Gasteiger partial charge in [0.25, 0.3) is 0 Å². The van der Waals surface area contributed by atoms with Crippen molar-refractivity contribution in [2.75, 3.05) is 0 Å². The first-order valence-electron chi connectivity index (χ1n) is 8.27. The number of benzene rings is 3. The molecule has 0 aliphatic rings. The van der Waals surface area contributed by atoms with E-state index in [1.165, 1.54) is 16.7 Å². The lowest BCUT2D eigenvalue weighted by Gasteiger charge is -2.11. The second-order valence-electron chi connectivity index (χ2n) is 5.89. The first-order chi connectivity index (χ1) is 11.7. The van der Waals surface area contributed by atoms with Crippen LogP contribution in [0.5, 0.6) is 5.75 Å². The summed E-state index contributed by atoms with van der Waals surface area (Å²) >= 11 is 6.29. The minimum atomic E-state index is 0.526. The standard InChI is InChI=1S/C22H21ClO/c1-2-17-8-10-19(11-9-17)16-24-22-15-20(12-13-21(22)23)14-18-6-4-3-5-7-18/h3-13,15H,2,14,16H2,1H3. The second-order valence-corrected chi connectivity index (χ2v) is 6.29. The highest BCUT2D eigenvalue weighted by Crippen LogP contribution is 2.27. The van der Waals surface area contributed by atoms with Gasteiger partial charge in [0.1, 0.15) is 12.4 Å². The highest BCUT2D eigenvalue weighted by atomic mass is 35.5. The van der Waals surface area contributed by atoms with E-state index in [0.29, 0.717) is 11.6 Å². The molecule has 0 amide bonds. The summed E-state index contributed by atoms with van der Waals surface area (Å²) in [6.07, 6.45) is 1.92. The van der Waals surface area contributed by atoms with Crippen molar-refractivity contribution in [3.05, 3.63) is 100 Å². The SMILES string of the molecule is CCc1ccc(COc2cc(Cc3ccccc3)ccc2Cl)cc1. The van der Waals surface area contributed by atoms with Crippen molar-refractivity contribution in [1.29, 1.82) is 0 Å². The van der Waals surface area contributed by atoms with Gasteiger partial charge in [-0.3, -0.25) is 0 Å². The maximum atomic E-state index is 6.29. The van der Waals surface area contributed by atoms with Crippen LogP contribution in [0.4, 0.5) is 0 Å². The van der Waals surface area contributed by atoms with Gasteiger partial charge in [-0.05, 0) is 47.2 Å². The van der Waals surface area contributed by atoms with Crippen molar-refractivity contribution in [3.8, 4) is 5.75 Å². The van der Waals surface area contributed by atoms with Gasteiger partial charge >= 0.3 is 0 Å². The molecule has 0 aliphatic heterocycles. The van der Waals surface area contributed by atoms with Crippen molar-refractivity contribution in [2.24, 2.45) is 0 Å². The number of halogens is 1. The van der Waals surface area contributed by atoms with Crippen molar-refractivity contribution < 1.29 is 4.74 Å². The fourth-order valence-corrected chi connectivity index (χ4v) is 2.80. The summed E-state index contributed by atoms with van der Waals surface area (Å²) in [7, 11) is 0. The molecule has 0 N–H and O–H groups in total. The number of aryl methyl sites for hydroxylation is 1. The maximum Gasteiger partial charge on any atom is 0.138 e. The van der Waals surface area contributed by atoms with Crippen LogP contribution in [0.2, 0.25) is 5.02 Å². The van der Waals surface area contributed by atoms with Gasteiger partial charge in [0.05, 0.1) is 5.02 Å². The van der Waals surface area contributed by atoms with Gasteiger partial charge in [-0.2, -0.15) is 0 Å². The Hall–Kier alpha value is -2.25. The molecule has 0 aromatic heterocycles. The van der Waals surface area contributed by atoms with Crippen LogP contribution < -0.4 is 4.74 Å². The van der Waals surface area contributed by atoms with Crippen LogP contribution in [0.25, 0.3) is 0 Å². The Balaban J connectivity index is 1.69. The topological polar surface area (TPSA) is 9.23 Å². The molecule has 0 radical (unpaired) electrons. The molecule has 0 unspecified atom stereocenters. The lowest BCUT2D eigenvalue weighted by molar-refractivity contribution is 0.306. The van der Waals surface area contributed by atoms with Crippen LogP contribution >= 0.6 is 11.6 Å².